The zero-order valence-electron chi connectivity index (χ0n) is 16.3. The Labute approximate surface area is 168 Å². The van der Waals surface area contributed by atoms with Crippen molar-refractivity contribution in [1.82, 2.24) is 4.90 Å². The number of hydrogen-bond acceptors (Lipinski definition) is 5. The number of methoxy groups -OCH3 is 2. The summed E-state index contributed by atoms with van der Waals surface area (Å²) in [6.45, 7) is -0.00280. The lowest BCUT2D eigenvalue weighted by atomic mass is 10.1. The number of hydrogen-bond donors (Lipinski definition) is 1. The Morgan fingerprint density at radius 1 is 1.00 bits per heavy atom. The van der Waals surface area contributed by atoms with Crippen molar-refractivity contribution in [2.45, 2.75) is 6.54 Å². The third-order valence-corrected chi connectivity index (χ3v) is 4.25. The van der Waals surface area contributed by atoms with Gasteiger partial charge >= 0.3 is 0 Å². The van der Waals surface area contributed by atoms with Gasteiger partial charge in [-0.05, 0) is 42.5 Å². The molecule has 0 spiro atoms. The molecule has 0 saturated heterocycles. The molecule has 0 aliphatic heterocycles. The number of nitrogens with zero attached hydrogens (tertiary/aromatic N) is 1. The summed E-state index contributed by atoms with van der Waals surface area (Å²) in [6, 6.07) is 17.4. The molecule has 2 amide bonds. The van der Waals surface area contributed by atoms with Gasteiger partial charge in [-0.25, -0.2) is 0 Å². The molecule has 29 heavy (non-hydrogen) atoms. The van der Waals surface area contributed by atoms with Crippen molar-refractivity contribution < 1.29 is 23.5 Å². The van der Waals surface area contributed by atoms with Crippen molar-refractivity contribution in [3.8, 4) is 11.5 Å². The number of nitrogens with one attached hydrogen (secondary N) is 1. The lowest BCUT2D eigenvalue weighted by molar-refractivity contribution is -0.117. The van der Waals surface area contributed by atoms with Crippen LogP contribution in [0.3, 0.4) is 0 Å². The molecule has 3 aromatic rings. The zero-order valence-corrected chi connectivity index (χ0v) is 16.3. The van der Waals surface area contributed by atoms with Crippen LogP contribution in [0.25, 0.3) is 0 Å². The third-order valence-electron chi connectivity index (χ3n) is 4.25. The first-order chi connectivity index (χ1) is 14.1. The first-order valence-electron chi connectivity index (χ1n) is 8.99. The Morgan fingerprint density at radius 3 is 2.55 bits per heavy atom. The molecule has 1 heterocycles. The summed E-state index contributed by atoms with van der Waals surface area (Å²) in [7, 11) is 3.06. The first kappa shape index (κ1) is 20.0. The summed E-state index contributed by atoms with van der Waals surface area (Å²) in [6.07, 6.45) is 1.53. The SMILES string of the molecule is COc1cccc(C(=O)N(CC(=O)Nc2ccccc2OC)Cc2ccco2)c1. The van der Waals surface area contributed by atoms with Crippen molar-refractivity contribution in [2.24, 2.45) is 0 Å². The lowest BCUT2D eigenvalue weighted by Gasteiger charge is -2.22. The smallest absolute Gasteiger partial charge is 0.254 e. The van der Waals surface area contributed by atoms with Gasteiger partial charge < -0.3 is 24.1 Å². The van der Waals surface area contributed by atoms with Gasteiger partial charge in [0.15, 0.2) is 0 Å². The van der Waals surface area contributed by atoms with Crippen molar-refractivity contribution in [3.63, 3.8) is 0 Å². The van der Waals surface area contributed by atoms with Gasteiger partial charge in [0.05, 0.1) is 32.7 Å². The topological polar surface area (TPSA) is 81.0 Å². The van der Waals surface area contributed by atoms with Crippen LogP contribution < -0.4 is 14.8 Å². The van der Waals surface area contributed by atoms with Crippen LogP contribution in [-0.4, -0.2) is 37.5 Å². The number of amides is 2. The van der Waals surface area contributed by atoms with Gasteiger partial charge in [0.2, 0.25) is 5.91 Å². The summed E-state index contributed by atoms with van der Waals surface area (Å²) >= 11 is 0. The first-order valence-corrected chi connectivity index (χ1v) is 8.99. The second-order valence-corrected chi connectivity index (χ2v) is 6.22. The maximum Gasteiger partial charge on any atom is 0.254 e. The van der Waals surface area contributed by atoms with Crippen LogP contribution in [0.4, 0.5) is 5.69 Å². The number of para-hydroxylation sites is 2. The van der Waals surface area contributed by atoms with Gasteiger partial charge in [0, 0.05) is 5.56 Å². The fourth-order valence-corrected chi connectivity index (χ4v) is 2.84. The van der Waals surface area contributed by atoms with Gasteiger partial charge in [-0.15, -0.1) is 0 Å². The largest absolute Gasteiger partial charge is 0.497 e. The molecule has 150 valence electrons. The summed E-state index contributed by atoms with van der Waals surface area (Å²) in [5.74, 6) is 1.02. The molecule has 2 aromatic carbocycles. The highest BCUT2D eigenvalue weighted by Gasteiger charge is 2.21. The number of anilines is 1. The van der Waals surface area contributed by atoms with Gasteiger partial charge in [-0.2, -0.15) is 0 Å². The maximum atomic E-state index is 13.1. The molecular weight excluding hydrogens is 372 g/mol. The Kier molecular flexibility index (Phi) is 6.52. The second-order valence-electron chi connectivity index (χ2n) is 6.22. The number of furan rings is 1. The minimum absolute atomic E-state index is 0.155. The quantitative estimate of drug-likeness (QED) is 0.632. The number of carbonyl (C=O) groups excluding carboxylic acids is 2. The fraction of sp³-hybridized carbons (Fsp3) is 0.182. The molecule has 7 heteroatoms. The zero-order chi connectivity index (χ0) is 20.6. The fourth-order valence-electron chi connectivity index (χ4n) is 2.84. The van der Waals surface area contributed by atoms with Crippen LogP contribution in [-0.2, 0) is 11.3 Å². The maximum absolute atomic E-state index is 13.1. The van der Waals surface area contributed by atoms with Gasteiger partial charge in [0.1, 0.15) is 23.8 Å². The summed E-state index contributed by atoms with van der Waals surface area (Å²) in [5.41, 5.74) is 0.952. The highest BCUT2D eigenvalue weighted by Crippen LogP contribution is 2.23. The summed E-state index contributed by atoms with van der Waals surface area (Å²) < 4.78 is 15.8. The van der Waals surface area contributed by atoms with E-state index in [0.717, 1.165) is 0 Å². The molecule has 0 aliphatic rings. The van der Waals surface area contributed by atoms with E-state index < -0.39 is 0 Å². The van der Waals surface area contributed by atoms with Crippen LogP contribution >= 0.6 is 0 Å². The highest BCUT2D eigenvalue weighted by atomic mass is 16.5. The average molecular weight is 394 g/mol. The van der Waals surface area contributed by atoms with E-state index in [1.54, 1.807) is 54.6 Å². The van der Waals surface area contributed by atoms with Crippen LogP contribution in [0.5, 0.6) is 11.5 Å². The molecule has 0 radical (unpaired) electrons. The van der Waals surface area contributed by atoms with E-state index in [9.17, 15) is 9.59 Å². The van der Waals surface area contributed by atoms with Crippen molar-refractivity contribution in [1.29, 1.82) is 0 Å². The van der Waals surface area contributed by atoms with E-state index in [4.69, 9.17) is 13.9 Å². The molecule has 0 aliphatic carbocycles. The molecule has 0 fully saturated rings. The minimum Gasteiger partial charge on any atom is -0.497 e. The van der Waals surface area contributed by atoms with Crippen LogP contribution in [0.2, 0.25) is 0 Å². The predicted octanol–water partition coefficient (Wildman–Crippen LogP) is 3.58. The van der Waals surface area contributed by atoms with E-state index in [1.807, 2.05) is 6.07 Å². The average Bonchev–Trinajstić information content (AvgIpc) is 3.26. The number of benzene rings is 2. The number of ether oxygens (including phenoxy) is 2. The molecule has 0 saturated carbocycles. The standard InChI is InChI=1S/C22H22N2O5/c1-27-17-8-5-7-16(13-17)22(26)24(14-18-9-6-12-29-18)15-21(25)23-19-10-3-4-11-20(19)28-2/h3-13H,14-15H2,1-2H3,(H,23,25). The Hall–Kier alpha value is -3.74. The van der Waals surface area contributed by atoms with E-state index in [1.165, 1.54) is 25.4 Å². The van der Waals surface area contributed by atoms with Crippen molar-refractivity contribution in [3.05, 3.63) is 78.3 Å². The highest BCUT2D eigenvalue weighted by molar-refractivity contribution is 6.00. The molecular formula is C22H22N2O5. The Balaban J connectivity index is 1.79. The van der Waals surface area contributed by atoms with Crippen LogP contribution in [0.15, 0.2) is 71.3 Å². The van der Waals surface area contributed by atoms with Crippen molar-refractivity contribution in [2.75, 3.05) is 26.1 Å². The number of carbonyl (C=O) groups is 2. The Morgan fingerprint density at radius 2 is 1.83 bits per heavy atom. The monoisotopic (exact) mass is 394 g/mol. The Bertz CT molecular complexity index is 969. The molecule has 7 nitrogen and oxygen atoms in total. The van der Waals surface area contributed by atoms with E-state index in [0.29, 0.717) is 28.5 Å². The lowest BCUT2D eigenvalue weighted by Crippen LogP contribution is -2.37. The van der Waals surface area contributed by atoms with Crippen molar-refractivity contribution >= 4 is 17.5 Å². The van der Waals surface area contributed by atoms with E-state index in [2.05, 4.69) is 5.32 Å². The summed E-state index contributed by atoms with van der Waals surface area (Å²) in [4.78, 5) is 27.2. The molecule has 0 bridgehead atoms. The van der Waals surface area contributed by atoms with E-state index >= 15 is 0 Å². The van der Waals surface area contributed by atoms with Crippen LogP contribution in [0, 0.1) is 0 Å². The molecule has 3 rings (SSSR count). The molecule has 0 atom stereocenters. The molecule has 1 aromatic heterocycles. The minimum atomic E-state index is -0.350. The molecule has 1 N–H and O–H groups in total. The van der Waals surface area contributed by atoms with Crippen LogP contribution in [0.1, 0.15) is 16.1 Å². The molecule has 0 unspecified atom stereocenters. The normalized spacial score (nSPS) is 10.3. The third kappa shape index (κ3) is 5.16. The second kappa shape index (κ2) is 9.45. The summed E-state index contributed by atoms with van der Waals surface area (Å²) in [5, 5.41) is 2.79. The van der Waals surface area contributed by atoms with Gasteiger partial charge in [-0.1, -0.05) is 18.2 Å². The van der Waals surface area contributed by atoms with Gasteiger partial charge in [-0.3, -0.25) is 9.59 Å². The predicted molar refractivity (Wildman–Crippen MR) is 108 cm³/mol. The van der Waals surface area contributed by atoms with E-state index in [-0.39, 0.29) is 24.9 Å². The number of rotatable bonds is 8. The van der Waals surface area contributed by atoms with Gasteiger partial charge in [0.25, 0.3) is 5.91 Å².